The summed E-state index contributed by atoms with van der Waals surface area (Å²) < 4.78 is 40.3. The van der Waals surface area contributed by atoms with Crippen molar-refractivity contribution in [2.24, 2.45) is 0 Å². The van der Waals surface area contributed by atoms with Crippen molar-refractivity contribution in [3.63, 3.8) is 0 Å². The Hall–Kier alpha value is -3.42. The van der Waals surface area contributed by atoms with Gasteiger partial charge in [-0.05, 0) is 44.4 Å². The van der Waals surface area contributed by atoms with Crippen LogP contribution < -0.4 is 9.47 Å². The van der Waals surface area contributed by atoms with Crippen molar-refractivity contribution >= 4 is 5.91 Å². The SMILES string of the molecule is CCN(Cc1cccc2c1OCCO2)C(=O)c1nn(-c2ccc(F)c(F)c2)c2c1CCC2. The summed E-state index contributed by atoms with van der Waals surface area (Å²) in [5.41, 5.74) is 3.41. The van der Waals surface area contributed by atoms with Crippen molar-refractivity contribution in [1.82, 2.24) is 14.7 Å². The highest BCUT2D eigenvalue weighted by Crippen LogP contribution is 2.35. The van der Waals surface area contributed by atoms with Crippen LogP contribution in [-0.4, -0.2) is 40.3 Å². The Bertz CT molecular complexity index is 1190. The molecule has 0 atom stereocenters. The molecule has 8 heteroatoms. The lowest BCUT2D eigenvalue weighted by Gasteiger charge is -2.25. The Morgan fingerprint density at radius 2 is 1.97 bits per heavy atom. The van der Waals surface area contributed by atoms with Crippen LogP contribution in [0.3, 0.4) is 0 Å². The second-order valence-electron chi connectivity index (χ2n) is 7.90. The minimum atomic E-state index is -0.941. The van der Waals surface area contributed by atoms with Gasteiger partial charge in [0, 0.05) is 36.0 Å². The first-order chi connectivity index (χ1) is 15.6. The van der Waals surface area contributed by atoms with E-state index in [2.05, 4.69) is 5.10 Å². The fourth-order valence-electron chi connectivity index (χ4n) is 4.38. The van der Waals surface area contributed by atoms with Crippen LogP contribution in [0.1, 0.15) is 40.7 Å². The summed E-state index contributed by atoms with van der Waals surface area (Å²) in [4.78, 5) is 15.2. The Morgan fingerprint density at radius 1 is 1.12 bits per heavy atom. The second-order valence-corrected chi connectivity index (χ2v) is 7.90. The van der Waals surface area contributed by atoms with E-state index >= 15 is 0 Å². The van der Waals surface area contributed by atoms with Gasteiger partial charge in [0.05, 0.1) is 5.69 Å². The maximum atomic E-state index is 13.8. The van der Waals surface area contributed by atoms with Gasteiger partial charge in [-0.2, -0.15) is 5.10 Å². The molecule has 1 aliphatic carbocycles. The molecule has 0 fully saturated rings. The molecule has 0 saturated heterocycles. The Morgan fingerprint density at radius 3 is 2.78 bits per heavy atom. The van der Waals surface area contributed by atoms with E-state index in [0.29, 0.717) is 49.2 Å². The monoisotopic (exact) mass is 439 g/mol. The van der Waals surface area contributed by atoms with Crippen molar-refractivity contribution in [3.05, 3.63) is 70.5 Å². The summed E-state index contributed by atoms with van der Waals surface area (Å²) in [7, 11) is 0. The predicted molar refractivity (Wildman–Crippen MR) is 113 cm³/mol. The maximum Gasteiger partial charge on any atom is 0.274 e. The highest BCUT2D eigenvalue weighted by Gasteiger charge is 2.30. The molecule has 0 radical (unpaired) electrons. The van der Waals surface area contributed by atoms with Gasteiger partial charge in [-0.25, -0.2) is 13.5 Å². The summed E-state index contributed by atoms with van der Waals surface area (Å²) in [6, 6.07) is 9.33. The van der Waals surface area contributed by atoms with E-state index in [0.717, 1.165) is 48.2 Å². The number of carbonyl (C=O) groups excluding carboxylic acids is 1. The molecule has 166 valence electrons. The molecule has 0 bridgehead atoms. The highest BCUT2D eigenvalue weighted by molar-refractivity contribution is 5.94. The first-order valence-electron chi connectivity index (χ1n) is 10.8. The number of fused-ring (bicyclic) bond motifs is 2. The number of amides is 1. The first-order valence-corrected chi connectivity index (χ1v) is 10.8. The fraction of sp³-hybridized carbons (Fsp3) is 0.333. The van der Waals surface area contributed by atoms with Crippen LogP contribution in [0.15, 0.2) is 36.4 Å². The van der Waals surface area contributed by atoms with Gasteiger partial charge >= 0.3 is 0 Å². The number of para-hydroxylation sites is 1. The molecule has 5 rings (SSSR count). The van der Waals surface area contributed by atoms with Gasteiger partial charge in [-0.1, -0.05) is 12.1 Å². The number of halogens is 2. The molecule has 2 aliphatic rings. The molecular formula is C24H23F2N3O3. The van der Waals surface area contributed by atoms with E-state index in [4.69, 9.17) is 9.47 Å². The number of hydrogen-bond donors (Lipinski definition) is 0. The fourth-order valence-corrected chi connectivity index (χ4v) is 4.38. The Kier molecular flexibility index (Phi) is 5.28. The van der Waals surface area contributed by atoms with E-state index < -0.39 is 11.6 Å². The minimum absolute atomic E-state index is 0.193. The zero-order valence-electron chi connectivity index (χ0n) is 17.7. The third-order valence-electron chi connectivity index (χ3n) is 5.96. The van der Waals surface area contributed by atoms with Crippen molar-refractivity contribution in [1.29, 1.82) is 0 Å². The van der Waals surface area contributed by atoms with Crippen LogP contribution in [0.25, 0.3) is 5.69 Å². The summed E-state index contributed by atoms with van der Waals surface area (Å²) in [5, 5.41) is 4.55. The molecule has 2 aromatic carbocycles. The number of nitrogens with zero attached hydrogens (tertiary/aromatic N) is 3. The molecule has 0 N–H and O–H groups in total. The van der Waals surface area contributed by atoms with Crippen LogP contribution in [-0.2, 0) is 19.4 Å². The number of ether oxygens (including phenoxy) is 2. The average Bonchev–Trinajstić information content (AvgIpc) is 3.42. The highest BCUT2D eigenvalue weighted by atomic mass is 19.2. The molecule has 0 saturated carbocycles. The van der Waals surface area contributed by atoms with Crippen LogP contribution in [0.5, 0.6) is 11.5 Å². The van der Waals surface area contributed by atoms with Crippen molar-refractivity contribution in [2.45, 2.75) is 32.7 Å². The standard InChI is InChI=1S/C24H23F2N3O3/c1-2-28(14-15-5-3-8-21-23(15)32-12-11-31-21)24(30)22-17-6-4-7-20(17)29(27-22)16-9-10-18(25)19(26)13-16/h3,5,8-10,13H,2,4,6-7,11-12,14H2,1H3. The molecule has 0 unspecified atom stereocenters. The lowest BCUT2D eigenvalue weighted by molar-refractivity contribution is 0.0741. The summed E-state index contributed by atoms with van der Waals surface area (Å²) in [5.74, 6) is -0.697. The lowest BCUT2D eigenvalue weighted by Crippen LogP contribution is -2.32. The van der Waals surface area contributed by atoms with E-state index in [1.54, 1.807) is 9.58 Å². The molecule has 2 heterocycles. The van der Waals surface area contributed by atoms with E-state index in [1.807, 2.05) is 25.1 Å². The molecule has 1 amide bonds. The molecule has 3 aromatic rings. The van der Waals surface area contributed by atoms with Gasteiger partial charge in [0.15, 0.2) is 28.8 Å². The van der Waals surface area contributed by atoms with Crippen LogP contribution >= 0.6 is 0 Å². The zero-order valence-corrected chi connectivity index (χ0v) is 17.7. The topological polar surface area (TPSA) is 56.6 Å². The number of aromatic nitrogens is 2. The maximum absolute atomic E-state index is 13.8. The van der Waals surface area contributed by atoms with Gasteiger partial charge in [0.1, 0.15) is 13.2 Å². The van der Waals surface area contributed by atoms with Gasteiger partial charge in [-0.15, -0.1) is 0 Å². The number of carbonyl (C=O) groups is 1. The molecule has 1 aromatic heterocycles. The van der Waals surface area contributed by atoms with Gasteiger partial charge < -0.3 is 14.4 Å². The second kappa shape index (κ2) is 8.26. The van der Waals surface area contributed by atoms with E-state index in [1.165, 1.54) is 6.07 Å². The molecule has 0 spiro atoms. The molecular weight excluding hydrogens is 416 g/mol. The quantitative estimate of drug-likeness (QED) is 0.601. The molecule has 6 nitrogen and oxygen atoms in total. The van der Waals surface area contributed by atoms with Crippen LogP contribution in [0.4, 0.5) is 8.78 Å². The predicted octanol–water partition coefficient (Wildman–Crippen LogP) is 4.07. The van der Waals surface area contributed by atoms with Crippen LogP contribution in [0, 0.1) is 11.6 Å². The average molecular weight is 439 g/mol. The normalized spacial score (nSPS) is 14.3. The largest absolute Gasteiger partial charge is 0.486 e. The van der Waals surface area contributed by atoms with Crippen molar-refractivity contribution in [3.8, 4) is 17.2 Å². The summed E-state index contributed by atoms with van der Waals surface area (Å²) in [6.07, 6.45) is 2.36. The molecule has 1 aliphatic heterocycles. The van der Waals surface area contributed by atoms with Crippen LogP contribution in [0.2, 0.25) is 0 Å². The summed E-state index contributed by atoms with van der Waals surface area (Å²) >= 11 is 0. The van der Waals surface area contributed by atoms with Gasteiger partial charge in [0.25, 0.3) is 5.91 Å². The summed E-state index contributed by atoms with van der Waals surface area (Å²) in [6.45, 7) is 3.72. The third kappa shape index (κ3) is 3.49. The number of benzene rings is 2. The zero-order chi connectivity index (χ0) is 22.2. The first kappa shape index (κ1) is 20.5. The van der Waals surface area contributed by atoms with E-state index in [-0.39, 0.29) is 5.91 Å². The van der Waals surface area contributed by atoms with Crippen molar-refractivity contribution in [2.75, 3.05) is 19.8 Å². The molecule has 32 heavy (non-hydrogen) atoms. The smallest absolute Gasteiger partial charge is 0.274 e. The lowest BCUT2D eigenvalue weighted by atomic mass is 10.1. The third-order valence-corrected chi connectivity index (χ3v) is 5.96. The Balaban J connectivity index is 1.48. The van der Waals surface area contributed by atoms with Gasteiger partial charge in [-0.3, -0.25) is 4.79 Å². The number of hydrogen-bond acceptors (Lipinski definition) is 4. The minimum Gasteiger partial charge on any atom is -0.486 e. The van der Waals surface area contributed by atoms with E-state index in [9.17, 15) is 13.6 Å². The Labute approximate surface area is 184 Å². The number of rotatable bonds is 5. The van der Waals surface area contributed by atoms with Crippen molar-refractivity contribution < 1.29 is 23.0 Å². The van der Waals surface area contributed by atoms with Gasteiger partial charge in [0.2, 0.25) is 0 Å².